The largest absolute Gasteiger partial charge is 0.494 e. The Kier molecular flexibility index (Phi) is 20.4. The van der Waals surface area contributed by atoms with Gasteiger partial charge in [0.15, 0.2) is 0 Å². The molecule has 44 heavy (non-hydrogen) atoms. The van der Waals surface area contributed by atoms with E-state index in [0.29, 0.717) is 28.5 Å². The molecule has 0 saturated carbocycles. The Bertz CT molecular complexity index is 1060. The first kappa shape index (κ1) is 37.7. The van der Waals surface area contributed by atoms with Gasteiger partial charge in [-0.25, -0.2) is 4.79 Å². The Hall–Kier alpha value is -2.51. The van der Waals surface area contributed by atoms with E-state index in [1.165, 1.54) is 115 Å². The van der Waals surface area contributed by atoms with E-state index in [-0.39, 0.29) is 18.9 Å². The molecule has 0 aromatic heterocycles. The fourth-order valence-corrected chi connectivity index (χ4v) is 6.03. The van der Waals surface area contributed by atoms with E-state index in [1.54, 1.807) is 30.1 Å². The molecule has 0 heterocycles. The van der Waals surface area contributed by atoms with Crippen molar-refractivity contribution in [3.05, 3.63) is 53.6 Å². The van der Waals surface area contributed by atoms with Gasteiger partial charge < -0.3 is 19.5 Å². The highest BCUT2D eigenvalue weighted by molar-refractivity contribution is 7.99. The van der Waals surface area contributed by atoms with Gasteiger partial charge in [-0.2, -0.15) is 0 Å². The van der Waals surface area contributed by atoms with Crippen LogP contribution in [0.5, 0.6) is 5.75 Å². The number of carbonyl (C=O) groups is 2. The van der Waals surface area contributed by atoms with Crippen LogP contribution in [0.15, 0.2) is 47.4 Å². The van der Waals surface area contributed by atoms with Crippen LogP contribution in [0.25, 0.3) is 0 Å². The second-order valence-corrected chi connectivity index (χ2v) is 12.8. The zero-order valence-electron chi connectivity index (χ0n) is 27.6. The average molecular weight is 628 g/mol. The molecule has 0 aliphatic carbocycles. The number of aliphatic hydroxyl groups is 1. The number of rotatable bonds is 25. The summed E-state index contributed by atoms with van der Waals surface area (Å²) in [5.74, 6) is 0.744. The molecule has 2 rings (SSSR count). The van der Waals surface area contributed by atoms with Crippen LogP contribution >= 0.6 is 11.8 Å². The number of unbranched alkanes of at least 4 members (excludes halogenated alkanes) is 15. The first-order chi connectivity index (χ1) is 21.5. The lowest BCUT2D eigenvalue weighted by Crippen LogP contribution is -2.28. The highest BCUT2D eigenvalue weighted by atomic mass is 32.2. The van der Waals surface area contributed by atoms with Crippen molar-refractivity contribution in [3.8, 4) is 5.75 Å². The molecule has 1 N–H and O–H groups in total. The number of esters is 1. The summed E-state index contributed by atoms with van der Waals surface area (Å²) < 4.78 is 10.8. The maximum Gasteiger partial charge on any atom is 0.339 e. The Morgan fingerprint density at radius 3 is 1.84 bits per heavy atom. The molecule has 0 bridgehead atoms. The second-order valence-electron chi connectivity index (χ2n) is 11.7. The third-order valence-corrected chi connectivity index (χ3v) is 9.08. The van der Waals surface area contributed by atoms with Gasteiger partial charge in [0.05, 0.1) is 32.3 Å². The number of thioether (sulfide) groups is 1. The van der Waals surface area contributed by atoms with E-state index in [0.717, 1.165) is 17.7 Å². The minimum atomic E-state index is -0.469. The summed E-state index contributed by atoms with van der Waals surface area (Å²) in [7, 11) is 3.04. The van der Waals surface area contributed by atoms with Crippen LogP contribution in [0.3, 0.4) is 0 Å². The van der Waals surface area contributed by atoms with E-state index in [4.69, 9.17) is 14.6 Å². The minimum Gasteiger partial charge on any atom is -0.494 e. The lowest BCUT2D eigenvalue weighted by atomic mass is 10.0. The van der Waals surface area contributed by atoms with E-state index in [1.807, 2.05) is 24.3 Å². The van der Waals surface area contributed by atoms with Crippen molar-refractivity contribution in [2.45, 2.75) is 121 Å². The molecule has 0 saturated heterocycles. The number of anilines is 1. The number of aliphatic hydroxyl groups excluding tert-OH is 1. The standard InChI is InChI=1S/C37H57NO5S/c1-4-5-6-7-8-9-10-11-12-13-14-15-16-17-18-19-27-43-33-23-20-31(21-24-33)29-36(40)38(2)32-22-25-35(44-28-26-39)34(30-32)37(41)42-3/h20-25,30,39H,4-19,26-29H2,1-3H3. The summed E-state index contributed by atoms with van der Waals surface area (Å²) in [6.45, 7) is 3.00. The zero-order chi connectivity index (χ0) is 31.8. The van der Waals surface area contributed by atoms with Gasteiger partial charge in [0.2, 0.25) is 5.91 Å². The van der Waals surface area contributed by atoms with Crippen LogP contribution in [0.2, 0.25) is 0 Å². The Balaban J connectivity index is 1.59. The maximum atomic E-state index is 13.0. The van der Waals surface area contributed by atoms with Crippen LogP contribution in [0.4, 0.5) is 5.69 Å². The lowest BCUT2D eigenvalue weighted by Gasteiger charge is -2.19. The summed E-state index contributed by atoms with van der Waals surface area (Å²) in [6.07, 6.45) is 21.9. The average Bonchev–Trinajstić information content (AvgIpc) is 3.05. The van der Waals surface area contributed by atoms with Gasteiger partial charge in [0.25, 0.3) is 0 Å². The maximum absolute atomic E-state index is 13.0. The predicted molar refractivity (Wildman–Crippen MR) is 184 cm³/mol. The SMILES string of the molecule is CCCCCCCCCCCCCCCCCCOc1ccc(CC(=O)N(C)c2ccc(SCCO)c(C(=O)OC)c2)cc1. The molecule has 0 aliphatic heterocycles. The molecule has 0 unspecified atom stereocenters. The number of ether oxygens (including phenoxy) is 2. The molecule has 1 amide bonds. The first-order valence-electron chi connectivity index (χ1n) is 16.9. The van der Waals surface area contributed by atoms with Crippen molar-refractivity contribution in [3.63, 3.8) is 0 Å². The number of amides is 1. The van der Waals surface area contributed by atoms with Gasteiger partial charge in [-0.15, -0.1) is 11.8 Å². The van der Waals surface area contributed by atoms with Crippen LogP contribution < -0.4 is 9.64 Å². The van der Waals surface area contributed by atoms with Gasteiger partial charge in [-0.1, -0.05) is 115 Å². The Morgan fingerprint density at radius 2 is 1.32 bits per heavy atom. The predicted octanol–water partition coefficient (Wildman–Crippen LogP) is 9.40. The molecule has 0 spiro atoms. The third kappa shape index (κ3) is 15.5. The van der Waals surface area contributed by atoms with E-state index in [9.17, 15) is 9.59 Å². The normalized spacial score (nSPS) is 11.0. The lowest BCUT2D eigenvalue weighted by molar-refractivity contribution is -0.117. The molecular formula is C37H57NO5S. The molecule has 0 radical (unpaired) electrons. The van der Waals surface area contributed by atoms with Crippen molar-refractivity contribution in [2.24, 2.45) is 0 Å². The number of benzene rings is 2. The summed E-state index contributed by atoms with van der Waals surface area (Å²) in [5, 5.41) is 9.13. The fourth-order valence-electron chi connectivity index (χ4n) is 5.26. The van der Waals surface area contributed by atoms with Gasteiger partial charge >= 0.3 is 5.97 Å². The number of carbonyl (C=O) groups excluding carboxylic acids is 2. The minimum absolute atomic E-state index is 0.00872. The van der Waals surface area contributed by atoms with Gasteiger partial charge in [-0.05, 0) is 42.3 Å². The van der Waals surface area contributed by atoms with Gasteiger partial charge in [0.1, 0.15) is 5.75 Å². The molecule has 7 heteroatoms. The van der Waals surface area contributed by atoms with Crippen molar-refractivity contribution < 1.29 is 24.2 Å². The number of hydrogen-bond acceptors (Lipinski definition) is 6. The third-order valence-electron chi connectivity index (χ3n) is 8.02. The molecule has 0 fully saturated rings. The molecule has 246 valence electrons. The number of likely N-dealkylation sites (N-methyl/N-ethyl adjacent to an activating group) is 1. The van der Waals surface area contributed by atoms with E-state index >= 15 is 0 Å². The van der Waals surface area contributed by atoms with Crippen LogP contribution in [-0.2, 0) is 16.0 Å². The number of hydrogen-bond donors (Lipinski definition) is 1. The van der Waals surface area contributed by atoms with E-state index < -0.39 is 5.97 Å². The highest BCUT2D eigenvalue weighted by Gasteiger charge is 2.18. The molecule has 2 aromatic carbocycles. The number of nitrogens with zero attached hydrogens (tertiary/aromatic N) is 1. The van der Waals surface area contributed by atoms with Crippen molar-refractivity contribution in [1.29, 1.82) is 0 Å². The quantitative estimate of drug-likeness (QED) is 0.0671. The molecule has 2 aromatic rings. The Labute approximate surface area is 271 Å². The van der Waals surface area contributed by atoms with Crippen molar-refractivity contribution >= 4 is 29.3 Å². The molecular weight excluding hydrogens is 570 g/mol. The van der Waals surface area contributed by atoms with E-state index in [2.05, 4.69) is 6.92 Å². The van der Waals surface area contributed by atoms with Crippen LogP contribution in [0, 0.1) is 0 Å². The highest BCUT2D eigenvalue weighted by Crippen LogP contribution is 2.28. The topological polar surface area (TPSA) is 76.1 Å². The van der Waals surface area contributed by atoms with Crippen molar-refractivity contribution in [2.75, 3.05) is 38.0 Å². The van der Waals surface area contributed by atoms with Crippen LogP contribution in [0.1, 0.15) is 126 Å². The first-order valence-corrected chi connectivity index (χ1v) is 17.9. The molecule has 6 nitrogen and oxygen atoms in total. The van der Waals surface area contributed by atoms with Gasteiger partial charge in [0, 0.05) is 23.4 Å². The Morgan fingerprint density at radius 1 is 0.773 bits per heavy atom. The summed E-state index contributed by atoms with van der Waals surface area (Å²) >= 11 is 1.37. The summed E-state index contributed by atoms with van der Waals surface area (Å²) in [6, 6.07) is 13.0. The second kappa shape index (κ2) is 23.8. The fraction of sp³-hybridized carbons (Fsp3) is 0.622. The summed E-state index contributed by atoms with van der Waals surface area (Å²) in [5.41, 5.74) is 1.90. The number of methoxy groups -OCH3 is 1. The zero-order valence-corrected chi connectivity index (χ0v) is 28.4. The molecule has 0 atom stereocenters. The molecule has 0 aliphatic rings. The monoisotopic (exact) mass is 627 g/mol. The van der Waals surface area contributed by atoms with Gasteiger partial charge in [-0.3, -0.25) is 4.79 Å². The smallest absolute Gasteiger partial charge is 0.339 e. The van der Waals surface area contributed by atoms with Crippen LogP contribution in [-0.4, -0.2) is 50.1 Å². The van der Waals surface area contributed by atoms with Crippen molar-refractivity contribution in [1.82, 2.24) is 0 Å². The summed E-state index contributed by atoms with van der Waals surface area (Å²) in [4.78, 5) is 27.5.